The first-order chi connectivity index (χ1) is 10.1. The van der Waals surface area contributed by atoms with Gasteiger partial charge in [0.05, 0.1) is 0 Å². The van der Waals surface area contributed by atoms with E-state index in [-0.39, 0.29) is 0 Å². The maximum absolute atomic E-state index is 11.5. The van der Waals surface area contributed by atoms with Crippen LogP contribution in [-0.2, 0) is 6.42 Å². The molecule has 0 fully saturated rings. The molecule has 0 aliphatic heterocycles. The van der Waals surface area contributed by atoms with Gasteiger partial charge in [0, 0.05) is 16.6 Å². The molecule has 0 saturated carbocycles. The lowest BCUT2D eigenvalue weighted by Crippen LogP contribution is -1.95. The molecule has 2 heterocycles. The van der Waals surface area contributed by atoms with Gasteiger partial charge in [-0.2, -0.15) is 0 Å². The molecule has 0 aliphatic carbocycles. The predicted octanol–water partition coefficient (Wildman–Crippen LogP) is 4.38. The van der Waals surface area contributed by atoms with Crippen molar-refractivity contribution < 1.29 is 4.79 Å². The number of aldehydes is 1. The number of thiazole rings is 1. The number of imidazole rings is 1. The van der Waals surface area contributed by atoms with E-state index < -0.39 is 0 Å². The highest BCUT2D eigenvalue weighted by Crippen LogP contribution is 2.27. The Morgan fingerprint density at radius 2 is 2.00 bits per heavy atom. The first-order valence-corrected chi connectivity index (χ1v) is 7.99. The molecule has 0 saturated heterocycles. The fourth-order valence-corrected chi connectivity index (χ4v) is 3.49. The van der Waals surface area contributed by atoms with E-state index in [9.17, 15) is 4.79 Å². The number of aryl methyl sites for hydroxylation is 1. The standard InChI is InChI=1S/C17H18N2OS/c1-11(2)8-13-4-6-14(7-5-13)16-15(9-20)19-12(3)10-21-17(19)18-16/h4-7,9-11H,8H2,1-3H3. The zero-order valence-corrected chi connectivity index (χ0v) is 13.3. The highest BCUT2D eigenvalue weighted by Gasteiger charge is 2.16. The minimum atomic E-state index is 0.639. The third kappa shape index (κ3) is 2.51. The lowest BCUT2D eigenvalue weighted by molar-refractivity contribution is 0.111. The number of rotatable bonds is 4. The molecular formula is C17H18N2OS. The van der Waals surface area contributed by atoms with E-state index in [0.717, 1.165) is 34.6 Å². The molecule has 0 aliphatic rings. The Morgan fingerprint density at radius 1 is 1.29 bits per heavy atom. The number of hydrogen-bond acceptors (Lipinski definition) is 3. The Balaban J connectivity index is 2.05. The average Bonchev–Trinajstić information content (AvgIpc) is 2.99. The maximum atomic E-state index is 11.5. The van der Waals surface area contributed by atoms with E-state index in [4.69, 9.17) is 0 Å². The van der Waals surface area contributed by atoms with Crippen LogP contribution in [0.15, 0.2) is 29.6 Å². The van der Waals surface area contributed by atoms with E-state index in [2.05, 4.69) is 43.1 Å². The molecule has 0 unspecified atom stereocenters. The van der Waals surface area contributed by atoms with Crippen LogP contribution in [0.3, 0.4) is 0 Å². The monoisotopic (exact) mass is 298 g/mol. The van der Waals surface area contributed by atoms with Crippen LogP contribution in [0.4, 0.5) is 0 Å². The summed E-state index contributed by atoms with van der Waals surface area (Å²) in [4.78, 5) is 17.0. The molecular weight excluding hydrogens is 280 g/mol. The van der Waals surface area contributed by atoms with E-state index in [1.165, 1.54) is 5.56 Å². The van der Waals surface area contributed by atoms with Crippen LogP contribution in [0, 0.1) is 12.8 Å². The highest BCUT2D eigenvalue weighted by molar-refractivity contribution is 7.15. The fourth-order valence-electron chi connectivity index (χ4n) is 2.61. The molecule has 0 atom stereocenters. The second-order valence-electron chi connectivity index (χ2n) is 5.75. The van der Waals surface area contributed by atoms with Crippen molar-refractivity contribution in [3.8, 4) is 11.3 Å². The minimum Gasteiger partial charge on any atom is -0.296 e. The molecule has 0 radical (unpaired) electrons. The molecule has 3 nitrogen and oxygen atoms in total. The summed E-state index contributed by atoms with van der Waals surface area (Å²) in [5.74, 6) is 0.641. The van der Waals surface area contributed by atoms with Gasteiger partial charge in [-0.3, -0.25) is 9.20 Å². The highest BCUT2D eigenvalue weighted by atomic mass is 32.1. The van der Waals surface area contributed by atoms with Crippen molar-refractivity contribution in [2.75, 3.05) is 0 Å². The summed E-state index contributed by atoms with van der Waals surface area (Å²) in [6, 6.07) is 8.38. The summed E-state index contributed by atoms with van der Waals surface area (Å²) >= 11 is 1.56. The van der Waals surface area contributed by atoms with Crippen LogP contribution in [0.2, 0.25) is 0 Å². The van der Waals surface area contributed by atoms with Crippen LogP contribution < -0.4 is 0 Å². The Kier molecular flexibility index (Phi) is 3.64. The first-order valence-electron chi connectivity index (χ1n) is 7.11. The molecule has 4 heteroatoms. The molecule has 0 amide bonds. The number of carbonyl (C=O) groups is 1. The largest absolute Gasteiger partial charge is 0.296 e. The first kappa shape index (κ1) is 14.0. The molecule has 3 rings (SSSR count). The fraction of sp³-hybridized carbons (Fsp3) is 0.294. The molecule has 3 aromatic rings. The normalized spacial score (nSPS) is 11.4. The molecule has 1 aromatic carbocycles. The minimum absolute atomic E-state index is 0.639. The van der Waals surface area contributed by atoms with Gasteiger partial charge in [-0.05, 0) is 24.8 Å². The van der Waals surface area contributed by atoms with Gasteiger partial charge in [0.1, 0.15) is 11.4 Å². The van der Waals surface area contributed by atoms with Gasteiger partial charge in [0.2, 0.25) is 0 Å². The summed E-state index contributed by atoms with van der Waals surface area (Å²) in [5.41, 5.74) is 4.78. The van der Waals surface area contributed by atoms with E-state index in [0.29, 0.717) is 11.6 Å². The number of carbonyl (C=O) groups excluding carboxylic acids is 1. The summed E-state index contributed by atoms with van der Waals surface area (Å²) in [7, 11) is 0. The van der Waals surface area contributed by atoms with Gasteiger partial charge in [-0.25, -0.2) is 4.98 Å². The van der Waals surface area contributed by atoms with Crippen LogP contribution >= 0.6 is 11.3 Å². The van der Waals surface area contributed by atoms with Gasteiger partial charge in [0.25, 0.3) is 0 Å². The Hall–Kier alpha value is -1.94. The Bertz CT molecular complexity index is 781. The predicted molar refractivity (Wildman–Crippen MR) is 87.2 cm³/mol. The van der Waals surface area contributed by atoms with Gasteiger partial charge in [-0.15, -0.1) is 11.3 Å². The molecule has 21 heavy (non-hydrogen) atoms. The zero-order chi connectivity index (χ0) is 15.0. The lowest BCUT2D eigenvalue weighted by atomic mass is 10.0. The zero-order valence-electron chi connectivity index (χ0n) is 12.5. The summed E-state index contributed by atoms with van der Waals surface area (Å²) < 4.78 is 1.93. The van der Waals surface area contributed by atoms with Crippen LogP contribution in [0.5, 0.6) is 0 Å². The smallest absolute Gasteiger partial charge is 0.195 e. The third-order valence-corrected chi connectivity index (χ3v) is 4.50. The average molecular weight is 298 g/mol. The Morgan fingerprint density at radius 3 is 2.62 bits per heavy atom. The van der Waals surface area contributed by atoms with Gasteiger partial charge < -0.3 is 0 Å². The van der Waals surface area contributed by atoms with Crippen molar-refractivity contribution >= 4 is 22.6 Å². The van der Waals surface area contributed by atoms with E-state index >= 15 is 0 Å². The molecule has 0 bridgehead atoms. The van der Waals surface area contributed by atoms with Crippen molar-refractivity contribution in [2.45, 2.75) is 27.2 Å². The van der Waals surface area contributed by atoms with Crippen LogP contribution in [0.25, 0.3) is 16.2 Å². The molecule has 0 spiro atoms. The topological polar surface area (TPSA) is 34.4 Å². The maximum Gasteiger partial charge on any atom is 0.195 e. The van der Waals surface area contributed by atoms with Gasteiger partial charge in [-0.1, -0.05) is 38.1 Å². The van der Waals surface area contributed by atoms with Gasteiger partial charge in [0.15, 0.2) is 11.2 Å². The third-order valence-electron chi connectivity index (χ3n) is 3.55. The van der Waals surface area contributed by atoms with Crippen molar-refractivity contribution in [1.82, 2.24) is 9.38 Å². The summed E-state index contributed by atoms with van der Waals surface area (Å²) in [6.45, 7) is 6.42. The summed E-state index contributed by atoms with van der Waals surface area (Å²) in [6.07, 6.45) is 1.97. The number of hydrogen-bond donors (Lipinski definition) is 0. The van der Waals surface area contributed by atoms with Crippen LogP contribution in [0.1, 0.15) is 35.6 Å². The molecule has 0 N–H and O–H groups in total. The second kappa shape index (κ2) is 5.45. The van der Waals surface area contributed by atoms with Crippen molar-refractivity contribution in [3.63, 3.8) is 0 Å². The second-order valence-corrected chi connectivity index (χ2v) is 6.59. The van der Waals surface area contributed by atoms with Crippen LogP contribution in [-0.4, -0.2) is 15.7 Å². The van der Waals surface area contributed by atoms with Gasteiger partial charge >= 0.3 is 0 Å². The van der Waals surface area contributed by atoms with Crippen molar-refractivity contribution in [3.05, 3.63) is 46.6 Å². The summed E-state index contributed by atoms with van der Waals surface area (Å²) in [5, 5.41) is 2.02. The quantitative estimate of drug-likeness (QED) is 0.670. The number of benzene rings is 1. The SMILES string of the molecule is Cc1csc2nc(-c3ccc(CC(C)C)cc3)c(C=O)n12. The van der Waals surface area contributed by atoms with E-state index in [1.54, 1.807) is 11.3 Å². The van der Waals surface area contributed by atoms with Crippen molar-refractivity contribution in [2.24, 2.45) is 5.92 Å². The number of aromatic nitrogens is 2. The molecule has 2 aromatic heterocycles. The molecule has 108 valence electrons. The van der Waals surface area contributed by atoms with E-state index in [1.807, 2.05) is 16.7 Å². The Labute approximate surface area is 128 Å². The van der Waals surface area contributed by atoms with Crippen molar-refractivity contribution in [1.29, 1.82) is 0 Å². The lowest BCUT2D eigenvalue weighted by Gasteiger charge is -2.06. The number of nitrogens with zero attached hydrogens (tertiary/aromatic N) is 2. The number of fused-ring (bicyclic) bond motifs is 1.